The van der Waals surface area contributed by atoms with E-state index in [4.69, 9.17) is 44.5 Å². The van der Waals surface area contributed by atoms with Crippen LogP contribution in [0.5, 0.6) is 5.75 Å². The molecule has 1 N–H and O–H groups in total. The first kappa shape index (κ1) is 22.3. The first-order valence-corrected chi connectivity index (χ1v) is 11.0. The van der Waals surface area contributed by atoms with E-state index < -0.39 is 3.79 Å². The summed E-state index contributed by atoms with van der Waals surface area (Å²) >= 11 is 18.5. The number of fused-ring (bicyclic) bond motifs is 1. The lowest BCUT2D eigenvalue weighted by Gasteiger charge is -2.34. The Kier molecular flexibility index (Phi) is 6.69. The van der Waals surface area contributed by atoms with E-state index in [0.29, 0.717) is 31.4 Å². The Hall–Kier alpha value is -1.90. The lowest BCUT2D eigenvalue weighted by Crippen LogP contribution is -2.48. The summed E-state index contributed by atoms with van der Waals surface area (Å²) in [5.41, 5.74) is 0.800. The van der Waals surface area contributed by atoms with Gasteiger partial charge >= 0.3 is 0 Å². The van der Waals surface area contributed by atoms with Gasteiger partial charge in [0.2, 0.25) is 9.74 Å². The minimum Gasteiger partial charge on any atom is -0.496 e. The van der Waals surface area contributed by atoms with Gasteiger partial charge in [-0.1, -0.05) is 59.1 Å². The number of aliphatic hydroxyl groups excluding tert-OH is 1. The Morgan fingerprint density at radius 2 is 1.68 bits per heavy atom. The third-order valence-corrected chi connectivity index (χ3v) is 5.80. The standard InChI is InChI=1S/C21H22Cl3N5O2/c1-31-17-7-6-16(14-4-2-3-5-15(14)17)18-25-19(21(22,23)24)27-20(26-18)29-10-8-28(9-11-29)12-13-30/h2-7,30H,8-13H2,1H3. The van der Waals surface area contributed by atoms with Gasteiger partial charge in [0.25, 0.3) is 0 Å². The summed E-state index contributed by atoms with van der Waals surface area (Å²) in [6.07, 6.45) is 0. The van der Waals surface area contributed by atoms with Crippen molar-refractivity contribution in [2.24, 2.45) is 0 Å². The monoisotopic (exact) mass is 481 g/mol. The van der Waals surface area contributed by atoms with E-state index in [1.807, 2.05) is 41.3 Å². The summed E-state index contributed by atoms with van der Waals surface area (Å²) < 4.78 is 3.71. The molecule has 0 unspecified atom stereocenters. The summed E-state index contributed by atoms with van der Waals surface area (Å²) in [5.74, 6) is 1.74. The molecular weight excluding hydrogens is 461 g/mol. The van der Waals surface area contributed by atoms with Crippen LogP contribution in [-0.2, 0) is 3.79 Å². The van der Waals surface area contributed by atoms with Gasteiger partial charge in [-0.25, -0.2) is 4.98 Å². The van der Waals surface area contributed by atoms with Crippen LogP contribution in [0.3, 0.4) is 0 Å². The summed E-state index contributed by atoms with van der Waals surface area (Å²) in [4.78, 5) is 17.9. The molecule has 7 nitrogen and oxygen atoms in total. The van der Waals surface area contributed by atoms with E-state index in [1.54, 1.807) is 7.11 Å². The predicted octanol–water partition coefficient (Wildman–Crippen LogP) is 3.64. The van der Waals surface area contributed by atoms with E-state index in [9.17, 15) is 5.11 Å². The van der Waals surface area contributed by atoms with Crippen molar-refractivity contribution >= 4 is 51.5 Å². The fourth-order valence-electron chi connectivity index (χ4n) is 3.71. The van der Waals surface area contributed by atoms with E-state index >= 15 is 0 Å². The zero-order chi connectivity index (χ0) is 22.0. The molecule has 10 heteroatoms. The highest BCUT2D eigenvalue weighted by Crippen LogP contribution is 2.39. The van der Waals surface area contributed by atoms with E-state index in [0.717, 1.165) is 35.2 Å². The van der Waals surface area contributed by atoms with Gasteiger partial charge in [-0.2, -0.15) is 9.97 Å². The maximum absolute atomic E-state index is 9.17. The third kappa shape index (κ3) is 4.81. The number of ether oxygens (including phenoxy) is 1. The van der Waals surface area contributed by atoms with Crippen LogP contribution in [0.15, 0.2) is 36.4 Å². The molecule has 1 aliphatic rings. The van der Waals surface area contributed by atoms with Gasteiger partial charge in [0.15, 0.2) is 11.6 Å². The average Bonchev–Trinajstić information content (AvgIpc) is 2.78. The van der Waals surface area contributed by atoms with Crippen LogP contribution in [0.2, 0.25) is 0 Å². The largest absolute Gasteiger partial charge is 0.496 e. The molecule has 1 aromatic heterocycles. The van der Waals surface area contributed by atoms with Gasteiger partial charge in [0.1, 0.15) is 5.75 Å². The van der Waals surface area contributed by atoms with Crippen molar-refractivity contribution in [3.05, 3.63) is 42.2 Å². The van der Waals surface area contributed by atoms with Crippen LogP contribution in [-0.4, -0.2) is 71.4 Å². The first-order valence-electron chi connectivity index (χ1n) is 9.88. The number of nitrogens with zero attached hydrogens (tertiary/aromatic N) is 5. The van der Waals surface area contributed by atoms with Crippen molar-refractivity contribution in [2.75, 3.05) is 51.3 Å². The highest BCUT2D eigenvalue weighted by atomic mass is 35.6. The normalized spacial score (nSPS) is 15.5. The zero-order valence-electron chi connectivity index (χ0n) is 16.9. The molecule has 0 bridgehead atoms. The van der Waals surface area contributed by atoms with E-state index in [-0.39, 0.29) is 12.4 Å². The quantitative estimate of drug-likeness (QED) is 0.557. The Morgan fingerprint density at radius 3 is 2.32 bits per heavy atom. The maximum atomic E-state index is 9.17. The highest BCUT2D eigenvalue weighted by molar-refractivity contribution is 6.66. The van der Waals surface area contributed by atoms with Crippen molar-refractivity contribution in [3.63, 3.8) is 0 Å². The lowest BCUT2D eigenvalue weighted by molar-refractivity contribution is 0.188. The van der Waals surface area contributed by atoms with Crippen LogP contribution in [0.1, 0.15) is 5.82 Å². The summed E-state index contributed by atoms with van der Waals surface area (Å²) in [5, 5.41) is 11.0. The topological polar surface area (TPSA) is 74.6 Å². The van der Waals surface area contributed by atoms with Crippen LogP contribution < -0.4 is 9.64 Å². The average molecular weight is 483 g/mol. The van der Waals surface area contributed by atoms with Gasteiger partial charge < -0.3 is 14.7 Å². The second kappa shape index (κ2) is 9.30. The number of benzene rings is 2. The molecule has 0 saturated carbocycles. The number of alkyl halides is 3. The Morgan fingerprint density at radius 1 is 0.968 bits per heavy atom. The van der Waals surface area contributed by atoms with Gasteiger partial charge in [-0.15, -0.1) is 0 Å². The van der Waals surface area contributed by atoms with Crippen LogP contribution >= 0.6 is 34.8 Å². The minimum atomic E-state index is -1.78. The van der Waals surface area contributed by atoms with Crippen molar-refractivity contribution in [1.82, 2.24) is 19.9 Å². The number of rotatable bonds is 5. The molecule has 1 fully saturated rings. The second-order valence-electron chi connectivity index (χ2n) is 7.19. The molecular formula is C21H22Cl3N5O2. The van der Waals surface area contributed by atoms with Crippen molar-refractivity contribution in [1.29, 1.82) is 0 Å². The van der Waals surface area contributed by atoms with Gasteiger partial charge in [-0.3, -0.25) is 4.90 Å². The molecule has 0 radical (unpaired) electrons. The van der Waals surface area contributed by atoms with Crippen LogP contribution in [0, 0.1) is 0 Å². The number of aliphatic hydroxyl groups is 1. The lowest BCUT2D eigenvalue weighted by atomic mass is 10.0. The molecule has 0 aliphatic carbocycles. The van der Waals surface area contributed by atoms with Crippen LogP contribution in [0.4, 0.5) is 5.95 Å². The molecule has 0 atom stereocenters. The fraction of sp³-hybridized carbons (Fsp3) is 0.381. The number of methoxy groups -OCH3 is 1. The molecule has 3 aromatic rings. The maximum Gasteiger partial charge on any atom is 0.250 e. The second-order valence-corrected chi connectivity index (χ2v) is 9.47. The molecule has 1 saturated heterocycles. The molecule has 0 spiro atoms. The summed E-state index contributed by atoms with van der Waals surface area (Å²) in [6, 6.07) is 11.6. The van der Waals surface area contributed by atoms with Crippen molar-refractivity contribution < 1.29 is 9.84 Å². The molecule has 164 valence electrons. The highest BCUT2D eigenvalue weighted by Gasteiger charge is 2.30. The van der Waals surface area contributed by atoms with Crippen LogP contribution in [0.25, 0.3) is 22.2 Å². The minimum absolute atomic E-state index is 0.0789. The number of piperazine rings is 1. The van der Waals surface area contributed by atoms with Gasteiger partial charge in [0, 0.05) is 43.7 Å². The number of hydrogen-bond acceptors (Lipinski definition) is 7. The number of anilines is 1. The Bertz CT molecular complexity index is 1070. The van der Waals surface area contributed by atoms with Gasteiger partial charge in [-0.05, 0) is 17.5 Å². The number of hydrogen-bond donors (Lipinski definition) is 1. The van der Waals surface area contributed by atoms with Crippen molar-refractivity contribution in [2.45, 2.75) is 3.79 Å². The Labute approximate surface area is 195 Å². The SMILES string of the molecule is COc1ccc(-c2nc(N3CCN(CCO)CC3)nc(C(Cl)(Cl)Cl)n2)c2ccccc12. The number of aromatic nitrogens is 3. The van der Waals surface area contributed by atoms with E-state index in [2.05, 4.69) is 14.9 Å². The molecule has 4 rings (SSSR count). The molecule has 31 heavy (non-hydrogen) atoms. The molecule has 2 aromatic carbocycles. The number of halogens is 3. The Balaban J connectivity index is 1.79. The van der Waals surface area contributed by atoms with Gasteiger partial charge in [0.05, 0.1) is 13.7 Å². The number of β-amino-alcohol motifs (C(OH)–C–C–N with tert-alkyl or cyclic N) is 1. The zero-order valence-corrected chi connectivity index (χ0v) is 19.2. The van der Waals surface area contributed by atoms with Crippen molar-refractivity contribution in [3.8, 4) is 17.1 Å². The predicted molar refractivity (Wildman–Crippen MR) is 124 cm³/mol. The smallest absolute Gasteiger partial charge is 0.250 e. The molecule has 1 aliphatic heterocycles. The third-order valence-electron chi connectivity index (χ3n) is 5.29. The molecule has 2 heterocycles. The molecule has 0 amide bonds. The van der Waals surface area contributed by atoms with E-state index in [1.165, 1.54) is 0 Å². The fourth-order valence-corrected chi connectivity index (χ4v) is 3.96. The summed E-state index contributed by atoms with van der Waals surface area (Å²) in [6.45, 7) is 3.76. The first-order chi connectivity index (χ1) is 14.9. The summed E-state index contributed by atoms with van der Waals surface area (Å²) in [7, 11) is 1.64.